The molecule has 5 heteroatoms. The van der Waals surface area contributed by atoms with E-state index >= 15 is 0 Å². The number of hydrogen-bond acceptors (Lipinski definition) is 5. The molecule has 1 N–H and O–H groups in total. The van der Waals surface area contributed by atoms with Crippen LogP contribution >= 0.6 is 11.3 Å². The molecule has 0 aliphatic heterocycles. The molecule has 2 aromatic rings. The molecule has 0 saturated carbocycles. The Kier molecular flexibility index (Phi) is 3.69. The van der Waals surface area contributed by atoms with Crippen molar-refractivity contribution < 1.29 is 4.52 Å². The summed E-state index contributed by atoms with van der Waals surface area (Å²) in [6.45, 7) is 4.76. The molecule has 0 saturated heterocycles. The second kappa shape index (κ2) is 5.23. The Hall–Kier alpha value is -1.20. The molecule has 0 fully saturated rings. The third-order valence-electron chi connectivity index (χ3n) is 2.40. The maximum atomic E-state index is 4.99. The van der Waals surface area contributed by atoms with Gasteiger partial charge in [0.1, 0.15) is 0 Å². The highest BCUT2D eigenvalue weighted by atomic mass is 32.1. The van der Waals surface area contributed by atoms with Crippen LogP contribution in [-0.2, 0) is 6.54 Å². The van der Waals surface area contributed by atoms with Crippen LogP contribution in [0.1, 0.15) is 36.7 Å². The van der Waals surface area contributed by atoms with Crippen molar-refractivity contribution >= 4 is 11.3 Å². The van der Waals surface area contributed by atoms with Crippen molar-refractivity contribution in [2.24, 2.45) is 0 Å². The smallest absolute Gasteiger partial charge is 0.223 e. The van der Waals surface area contributed by atoms with Crippen molar-refractivity contribution in [2.75, 3.05) is 0 Å². The van der Waals surface area contributed by atoms with E-state index in [4.69, 9.17) is 4.52 Å². The van der Waals surface area contributed by atoms with E-state index in [1.54, 1.807) is 11.3 Å². The van der Waals surface area contributed by atoms with Crippen LogP contribution in [0.2, 0.25) is 0 Å². The van der Waals surface area contributed by atoms with E-state index in [1.807, 2.05) is 6.92 Å². The van der Waals surface area contributed by atoms with Crippen LogP contribution in [0.4, 0.5) is 0 Å². The minimum absolute atomic E-state index is 0.164. The van der Waals surface area contributed by atoms with E-state index in [0.29, 0.717) is 5.89 Å². The molecule has 0 radical (unpaired) electrons. The first-order chi connectivity index (χ1) is 7.79. The first-order valence-corrected chi connectivity index (χ1v) is 6.28. The second-order valence-corrected chi connectivity index (χ2v) is 4.42. The Balaban J connectivity index is 1.96. The number of nitrogens with one attached hydrogen (secondary N) is 1. The normalized spacial score (nSPS) is 12.9. The molecular formula is C11H15N3OS. The fourth-order valence-corrected chi connectivity index (χ4v) is 2.18. The zero-order chi connectivity index (χ0) is 11.4. The number of aryl methyl sites for hydroxylation is 1. The molecule has 1 unspecified atom stereocenters. The summed E-state index contributed by atoms with van der Waals surface area (Å²) in [5.74, 6) is 1.36. The summed E-state index contributed by atoms with van der Waals surface area (Å²) >= 11 is 1.71. The molecule has 1 atom stereocenters. The highest BCUT2D eigenvalue weighted by Gasteiger charge is 2.14. The molecule has 0 aliphatic carbocycles. The van der Waals surface area contributed by atoms with E-state index in [1.165, 1.54) is 5.56 Å². The highest BCUT2D eigenvalue weighted by Crippen LogP contribution is 2.14. The molecule has 2 heterocycles. The summed E-state index contributed by atoms with van der Waals surface area (Å²) in [6.07, 6.45) is 0.948. The van der Waals surface area contributed by atoms with Crippen LogP contribution in [0.5, 0.6) is 0 Å². The minimum atomic E-state index is 0.164. The van der Waals surface area contributed by atoms with Gasteiger partial charge in [-0.1, -0.05) is 12.1 Å². The average Bonchev–Trinajstić information content (AvgIpc) is 2.91. The largest absolute Gasteiger partial charge is 0.340 e. The summed E-state index contributed by atoms with van der Waals surface area (Å²) in [7, 11) is 0. The maximum absolute atomic E-state index is 4.99. The highest BCUT2D eigenvalue weighted by molar-refractivity contribution is 7.07. The monoisotopic (exact) mass is 237 g/mol. The summed E-state index contributed by atoms with van der Waals surface area (Å²) < 4.78 is 4.99. The molecule has 0 spiro atoms. The van der Waals surface area contributed by atoms with Gasteiger partial charge in [-0.3, -0.25) is 0 Å². The van der Waals surface area contributed by atoms with Gasteiger partial charge in [0.25, 0.3) is 0 Å². The van der Waals surface area contributed by atoms with Gasteiger partial charge in [-0.2, -0.15) is 16.3 Å². The maximum Gasteiger partial charge on any atom is 0.223 e. The van der Waals surface area contributed by atoms with E-state index in [2.05, 4.69) is 39.2 Å². The molecule has 0 aliphatic rings. The zero-order valence-electron chi connectivity index (χ0n) is 9.43. The number of aromatic nitrogens is 2. The predicted octanol–water partition coefficient (Wildman–Crippen LogP) is 2.68. The number of thiophene rings is 1. The van der Waals surface area contributed by atoms with Crippen LogP contribution in [0.15, 0.2) is 21.3 Å². The third kappa shape index (κ3) is 2.68. The van der Waals surface area contributed by atoms with Crippen LogP contribution in [-0.4, -0.2) is 10.1 Å². The van der Waals surface area contributed by atoms with E-state index in [0.717, 1.165) is 18.8 Å². The topological polar surface area (TPSA) is 51.0 Å². The van der Waals surface area contributed by atoms with Crippen molar-refractivity contribution in [3.8, 4) is 0 Å². The summed E-state index contributed by atoms with van der Waals surface area (Å²) in [5, 5.41) is 11.6. The van der Waals surface area contributed by atoms with Crippen molar-refractivity contribution in [1.82, 2.24) is 15.5 Å². The summed E-state index contributed by atoms with van der Waals surface area (Å²) in [5.41, 5.74) is 1.30. The first-order valence-electron chi connectivity index (χ1n) is 5.34. The molecule has 0 aromatic carbocycles. The first kappa shape index (κ1) is 11.3. The molecular weight excluding hydrogens is 222 g/mol. The van der Waals surface area contributed by atoms with Crippen LogP contribution in [0.3, 0.4) is 0 Å². The summed E-state index contributed by atoms with van der Waals surface area (Å²) in [4.78, 5) is 4.24. The predicted molar refractivity (Wildman–Crippen MR) is 63.2 cm³/mol. The molecule has 4 nitrogen and oxygen atoms in total. The Labute approximate surface area is 98.7 Å². The Morgan fingerprint density at radius 2 is 2.44 bits per heavy atom. The van der Waals surface area contributed by atoms with Gasteiger partial charge in [-0.05, 0) is 28.8 Å². The fourth-order valence-electron chi connectivity index (χ4n) is 1.51. The van der Waals surface area contributed by atoms with Crippen molar-refractivity contribution in [3.63, 3.8) is 0 Å². The van der Waals surface area contributed by atoms with Gasteiger partial charge in [0.2, 0.25) is 5.89 Å². The average molecular weight is 237 g/mol. The Morgan fingerprint density at radius 3 is 3.00 bits per heavy atom. The number of nitrogens with zero attached hydrogens (tertiary/aromatic N) is 2. The van der Waals surface area contributed by atoms with E-state index in [9.17, 15) is 0 Å². The van der Waals surface area contributed by atoms with Crippen molar-refractivity contribution in [1.29, 1.82) is 0 Å². The molecule has 2 rings (SSSR count). The Bertz CT molecular complexity index is 424. The molecule has 86 valence electrons. The van der Waals surface area contributed by atoms with Gasteiger partial charge in [0, 0.05) is 13.5 Å². The molecule has 0 bridgehead atoms. The van der Waals surface area contributed by atoms with Crippen LogP contribution in [0.25, 0.3) is 0 Å². The van der Waals surface area contributed by atoms with Gasteiger partial charge in [0.15, 0.2) is 5.82 Å². The molecule has 0 amide bonds. The number of hydrogen-bond donors (Lipinski definition) is 1. The van der Waals surface area contributed by atoms with Gasteiger partial charge in [0.05, 0.1) is 6.04 Å². The fraction of sp³-hybridized carbons (Fsp3) is 0.455. The lowest BCUT2D eigenvalue weighted by Gasteiger charge is -2.11. The lowest BCUT2D eigenvalue weighted by Crippen LogP contribution is -2.21. The minimum Gasteiger partial charge on any atom is -0.340 e. The SMILES string of the molecule is CCC(NCc1ccsc1)c1noc(C)n1. The molecule has 16 heavy (non-hydrogen) atoms. The second-order valence-electron chi connectivity index (χ2n) is 3.64. The summed E-state index contributed by atoms with van der Waals surface area (Å²) in [6, 6.07) is 2.28. The van der Waals surface area contributed by atoms with E-state index in [-0.39, 0.29) is 6.04 Å². The van der Waals surface area contributed by atoms with Crippen molar-refractivity contribution in [2.45, 2.75) is 32.9 Å². The van der Waals surface area contributed by atoms with Gasteiger partial charge in [-0.15, -0.1) is 0 Å². The van der Waals surface area contributed by atoms with Gasteiger partial charge < -0.3 is 9.84 Å². The lowest BCUT2D eigenvalue weighted by molar-refractivity contribution is 0.374. The van der Waals surface area contributed by atoms with Crippen LogP contribution in [0, 0.1) is 6.92 Å². The van der Waals surface area contributed by atoms with Crippen molar-refractivity contribution in [3.05, 3.63) is 34.1 Å². The standard InChI is InChI=1S/C11H15N3OS/c1-3-10(11-13-8(2)15-14-11)12-6-9-4-5-16-7-9/h4-5,7,10,12H,3,6H2,1-2H3. The van der Waals surface area contributed by atoms with Gasteiger partial charge in [-0.25, -0.2) is 0 Å². The van der Waals surface area contributed by atoms with E-state index < -0.39 is 0 Å². The molecule has 2 aromatic heterocycles. The van der Waals surface area contributed by atoms with Crippen LogP contribution < -0.4 is 5.32 Å². The number of rotatable bonds is 5. The zero-order valence-corrected chi connectivity index (χ0v) is 10.3. The Morgan fingerprint density at radius 1 is 1.56 bits per heavy atom. The van der Waals surface area contributed by atoms with Gasteiger partial charge >= 0.3 is 0 Å². The lowest BCUT2D eigenvalue weighted by atomic mass is 10.2. The third-order valence-corrected chi connectivity index (χ3v) is 3.13. The quantitative estimate of drug-likeness (QED) is 0.868.